The van der Waals surface area contributed by atoms with Gasteiger partial charge in [-0.2, -0.15) is 5.48 Å². The van der Waals surface area contributed by atoms with Gasteiger partial charge in [-0.15, -0.1) is 0 Å². The third-order valence-corrected chi connectivity index (χ3v) is 1.20. The zero-order valence-corrected chi connectivity index (χ0v) is 6.64. The molecule has 3 nitrogen and oxygen atoms in total. The molecule has 0 aromatic heterocycles. The first kappa shape index (κ1) is 14.0. The maximum absolute atomic E-state index is 10.6. The van der Waals surface area contributed by atoms with Crippen LogP contribution < -0.4 is 5.48 Å². The van der Waals surface area contributed by atoms with Gasteiger partial charge in [-0.1, -0.05) is 19.8 Å². The van der Waals surface area contributed by atoms with Gasteiger partial charge >= 0.3 is 35.5 Å². The summed E-state index contributed by atoms with van der Waals surface area (Å²) >= 11 is 0. The van der Waals surface area contributed by atoms with Gasteiger partial charge < -0.3 is 4.84 Å². The van der Waals surface area contributed by atoms with Gasteiger partial charge in [0, 0.05) is 13.5 Å². The summed E-state index contributed by atoms with van der Waals surface area (Å²) in [6, 6.07) is 0. The van der Waals surface area contributed by atoms with E-state index < -0.39 is 0 Å². The number of hydrogen-bond acceptors (Lipinski definition) is 3. The van der Waals surface area contributed by atoms with Crippen molar-refractivity contribution >= 4 is 35.5 Å². The predicted molar refractivity (Wildman–Crippen MR) is 46.4 cm³/mol. The van der Waals surface area contributed by atoms with Crippen LogP contribution in [0, 0.1) is 0 Å². The average Bonchev–Trinajstić information content (AvgIpc) is 1.89. The van der Waals surface area contributed by atoms with E-state index in [0.29, 0.717) is 6.42 Å². The molecule has 4 heteroatoms. The minimum absolute atomic E-state index is 0. The van der Waals surface area contributed by atoms with E-state index >= 15 is 0 Å². The summed E-state index contributed by atoms with van der Waals surface area (Å²) in [5, 5.41) is 0. The number of rotatable bonds is 5. The number of carbonyl (C=O) groups is 1. The second-order valence-corrected chi connectivity index (χ2v) is 2.14. The van der Waals surface area contributed by atoms with E-state index in [1.54, 1.807) is 7.05 Å². The fraction of sp³-hybridized carbons (Fsp3) is 0.857. The molecule has 0 saturated carbocycles. The van der Waals surface area contributed by atoms with Gasteiger partial charge in [0.05, 0.1) is 0 Å². The van der Waals surface area contributed by atoms with Crippen LogP contribution in [-0.4, -0.2) is 42.6 Å². The molecule has 0 fully saturated rings. The average molecular weight is 169 g/mol. The zero-order chi connectivity index (χ0) is 7.82. The Balaban J connectivity index is 0. The van der Waals surface area contributed by atoms with Crippen molar-refractivity contribution in [2.24, 2.45) is 0 Å². The molecule has 0 aromatic rings. The van der Waals surface area contributed by atoms with Crippen LogP contribution in [0.2, 0.25) is 0 Å². The van der Waals surface area contributed by atoms with Crippen LogP contribution in [0.15, 0.2) is 0 Å². The number of hydroxylamine groups is 1. The monoisotopic (exact) mass is 169 g/mol. The normalized spacial score (nSPS) is 8.55. The molecular formula is C7H16NNaO2. The van der Waals surface area contributed by atoms with E-state index in [9.17, 15) is 4.79 Å². The van der Waals surface area contributed by atoms with E-state index in [1.165, 1.54) is 0 Å². The fourth-order valence-electron chi connectivity index (χ4n) is 0.684. The Morgan fingerprint density at radius 3 is 2.55 bits per heavy atom. The van der Waals surface area contributed by atoms with Gasteiger partial charge in [-0.25, -0.2) is 0 Å². The Kier molecular flexibility index (Phi) is 13.3. The van der Waals surface area contributed by atoms with E-state index in [0.717, 1.165) is 19.3 Å². The number of carbonyl (C=O) groups excluding carboxylic acids is 1. The van der Waals surface area contributed by atoms with Crippen molar-refractivity contribution in [3.63, 3.8) is 0 Å². The first-order valence-electron chi connectivity index (χ1n) is 3.67. The first-order valence-corrected chi connectivity index (χ1v) is 3.67. The summed E-state index contributed by atoms with van der Waals surface area (Å²) in [5.41, 5.74) is 2.34. The van der Waals surface area contributed by atoms with Crippen LogP contribution in [0.1, 0.15) is 32.6 Å². The molecule has 62 valence electrons. The predicted octanol–water partition coefficient (Wildman–Crippen LogP) is 0.596. The van der Waals surface area contributed by atoms with Gasteiger partial charge in [-0.05, 0) is 6.42 Å². The van der Waals surface area contributed by atoms with Crippen molar-refractivity contribution in [3.05, 3.63) is 0 Å². The van der Waals surface area contributed by atoms with E-state index in [-0.39, 0.29) is 35.5 Å². The molecule has 0 spiro atoms. The molecule has 0 aliphatic rings. The summed E-state index contributed by atoms with van der Waals surface area (Å²) in [5.74, 6) is -0.170. The van der Waals surface area contributed by atoms with Gasteiger partial charge in [0.15, 0.2) is 0 Å². The third-order valence-electron chi connectivity index (χ3n) is 1.20. The van der Waals surface area contributed by atoms with Crippen LogP contribution in [0.5, 0.6) is 0 Å². The summed E-state index contributed by atoms with van der Waals surface area (Å²) in [4.78, 5) is 15.1. The van der Waals surface area contributed by atoms with E-state index in [1.807, 2.05) is 0 Å². The second-order valence-electron chi connectivity index (χ2n) is 2.14. The molecule has 11 heavy (non-hydrogen) atoms. The van der Waals surface area contributed by atoms with Gasteiger partial charge in [0.1, 0.15) is 0 Å². The first-order chi connectivity index (χ1) is 4.81. The quantitative estimate of drug-likeness (QED) is 0.372. The number of nitrogens with one attached hydrogen (secondary N) is 1. The van der Waals surface area contributed by atoms with Crippen LogP contribution >= 0.6 is 0 Å². The van der Waals surface area contributed by atoms with E-state index in [2.05, 4.69) is 17.2 Å². The number of unbranched alkanes of at least 4 members (excludes halogenated alkanes) is 2. The van der Waals surface area contributed by atoms with Crippen LogP contribution in [0.4, 0.5) is 0 Å². The summed E-state index contributed by atoms with van der Waals surface area (Å²) in [7, 11) is 1.58. The van der Waals surface area contributed by atoms with Crippen molar-refractivity contribution in [2.75, 3.05) is 7.05 Å². The van der Waals surface area contributed by atoms with Crippen LogP contribution in [0.25, 0.3) is 0 Å². The molecule has 1 N–H and O–H groups in total. The van der Waals surface area contributed by atoms with Crippen LogP contribution in [0.3, 0.4) is 0 Å². The van der Waals surface area contributed by atoms with Crippen molar-refractivity contribution in [1.82, 2.24) is 5.48 Å². The molecule has 0 radical (unpaired) electrons. The van der Waals surface area contributed by atoms with E-state index in [4.69, 9.17) is 0 Å². The Bertz CT molecular complexity index is 98.4. The Morgan fingerprint density at radius 1 is 1.45 bits per heavy atom. The molecule has 0 aliphatic heterocycles. The third kappa shape index (κ3) is 10.4. The molecule has 0 heterocycles. The molecule has 0 saturated heterocycles. The van der Waals surface area contributed by atoms with Crippen molar-refractivity contribution in [1.29, 1.82) is 0 Å². The van der Waals surface area contributed by atoms with Gasteiger partial charge in [-0.3, -0.25) is 4.79 Å². The minimum atomic E-state index is -0.170. The fourth-order valence-corrected chi connectivity index (χ4v) is 0.684. The molecule has 0 atom stereocenters. The Hall–Kier alpha value is 0.430. The second kappa shape index (κ2) is 10.4. The van der Waals surface area contributed by atoms with Gasteiger partial charge in [0.25, 0.3) is 0 Å². The SMILES string of the molecule is CCCCCC(=O)ONC.[NaH]. The Labute approximate surface area is 90.1 Å². The zero-order valence-electron chi connectivity index (χ0n) is 6.64. The van der Waals surface area contributed by atoms with Crippen LogP contribution in [-0.2, 0) is 9.63 Å². The topological polar surface area (TPSA) is 38.3 Å². The molecule has 0 amide bonds. The summed E-state index contributed by atoms with van der Waals surface area (Å²) < 4.78 is 0. The summed E-state index contributed by atoms with van der Waals surface area (Å²) in [6.07, 6.45) is 3.68. The molecule has 0 unspecified atom stereocenters. The van der Waals surface area contributed by atoms with Crippen molar-refractivity contribution in [3.8, 4) is 0 Å². The Morgan fingerprint density at radius 2 is 2.09 bits per heavy atom. The molecule has 0 rings (SSSR count). The van der Waals surface area contributed by atoms with Crippen molar-refractivity contribution in [2.45, 2.75) is 32.6 Å². The molecule has 0 bridgehead atoms. The summed E-state index contributed by atoms with van der Waals surface area (Å²) in [6.45, 7) is 2.10. The standard InChI is InChI=1S/C7H15NO2.Na.H/c1-3-4-5-6-7(9)10-8-2;;/h8H,3-6H2,1-2H3;;. The molecule has 0 aromatic carbocycles. The van der Waals surface area contributed by atoms with Gasteiger partial charge in [0.2, 0.25) is 0 Å². The molecule has 0 aliphatic carbocycles. The maximum atomic E-state index is 10.6. The number of hydrogen-bond donors (Lipinski definition) is 1. The molecular weight excluding hydrogens is 153 g/mol. The van der Waals surface area contributed by atoms with Crippen molar-refractivity contribution < 1.29 is 9.63 Å².